The molecule has 0 spiro atoms. The lowest BCUT2D eigenvalue weighted by Gasteiger charge is -2.31. The number of hydrogen-bond donors (Lipinski definition) is 0. The van der Waals surface area contributed by atoms with Gasteiger partial charge in [-0.3, -0.25) is 0 Å². The van der Waals surface area contributed by atoms with Crippen LogP contribution in [-0.4, -0.2) is 45.3 Å². The lowest BCUT2D eigenvalue weighted by molar-refractivity contribution is -0.173. The molecule has 0 saturated carbocycles. The monoisotopic (exact) mass is 471 g/mol. The smallest absolute Gasteiger partial charge is 0.207 e. The minimum Gasteiger partial charge on any atom is -0.207 e. The van der Waals surface area contributed by atoms with Crippen LogP contribution in [0, 0.1) is 5.82 Å². The largest absolute Gasteiger partial charge is 0.453 e. The fourth-order valence-electron chi connectivity index (χ4n) is 2.86. The number of hydrogen-bond acceptors (Lipinski definition) is 5. The quantitative estimate of drug-likeness (QED) is 0.532. The van der Waals surface area contributed by atoms with Gasteiger partial charge in [-0.1, -0.05) is 19.1 Å². The number of nitrogens with zero attached hydrogens (tertiary/aromatic N) is 5. The average Bonchev–Trinajstić information content (AvgIpc) is 3.09. The van der Waals surface area contributed by atoms with E-state index in [4.69, 9.17) is 0 Å². The van der Waals surface area contributed by atoms with Gasteiger partial charge in [-0.25, -0.2) is 12.8 Å². The van der Waals surface area contributed by atoms with Crippen LogP contribution in [0.4, 0.5) is 30.7 Å². The van der Waals surface area contributed by atoms with Crippen LogP contribution in [0.1, 0.15) is 24.4 Å². The molecule has 0 saturated heterocycles. The first-order valence-electron chi connectivity index (χ1n) is 8.40. The van der Waals surface area contributed by atoms with Gasteiger partial charge < -0.3 is 0 Å². The summed E-state index contributed by atoms with van der Waals surface area (Å²) >= 11 is 0. The Kier molecular flexibility index (Phi) is 5.69. The second-order valence-corrected chi connectivity index (χ2v) is 8.00. The van der Waals surface area contributed by atoms with E-state index in [1.165, 1.54) is 0 Å². The summed E-state index contributed by atoms with van der Waals surface area (Å²) in [5, 5.41) is 8.35. The van der Waals surface area contributed by atoms with Gasteiger partial charge >= 0.3 is 12.4 Å². The minimum atomic E-state index is -5.13. The van der Waals surface area contributed by atoms with E-state index in [1.807, 2.05) is 0 Å². The van der Waals surface area contributed by atoms with Crippen LogP contribution in [0.15, 0.2) is 41.4 Å². The van der Waals surface area contributed by atoms with Crippen molar-refractivity contribution in [2.24, 2.45) is 0 Å². The number of benzene rings is 1. The van der Waals surface area contributed by atoms with E-state index >= 15 is 0 Å². The molecule has 0 amide bonds. The Bertz CT molecular complexity index is 1190. The molecule has 3 rings (SSSR count). The average molecular weight is 471 g/mol. The van der Waals surface area contributed by atoms with Gasteiger partial charge in [-0.05, 0) is 29.8 Å². The number of sulfonamides is 1. The van der Waals surface area contributed by atoms with Crippen LogP contribution in [0.5, 0.6) is 0 Å². The van der Waals surface area contributed by atoms with Crippen LogP contribution in [0.3, 0.4) is 0 Å². The Balaban J connectivity index is 2.16. The molecule has 15 heteroatoms. The van der Waals surface area contributed by atoms with Crippen LogP contribution in [0.2, 0.25) is 0 Å². The van der Waals surface area contributed by atoms with Crippen LogP contribution in [0.25, 0.3) is 5.65 Å². The second-order valence-electron chi connectivity index (χ2n) is 6.17. The molecular weight excluding hydrogens is 459 g/mol. The Morgan fingerprint density at radius 3 is 2.13 bits per heavy atom. The van der Waals surface area contributed by atoms with E-state index < -0.39 is 62.8 Å². The lowest BCUT2D eigenvalue weighted by atomic mass is 10.1. The molecular formula is C16H12F7N5O2S. The molecule has 7 nitrogen and oxygen atoms in total. The summed E-state index contributed by atoms with van der Waals surface area (Å²) in [6.07, 6.45) is -10.2. The first kappa shape index (κ1) is 22.9. The SMILES string of the molecule is CCN([C@H](c1ccc(F)cc1)C(F)(F)F)S(=O)(=O)c1ccc2nnc(C(F)(F)F)n2n1. The molecule has 31 heavy (non-hydrogen) atoms. The van der Waals surface area contributed by atoms with E-state index in [1.54, 1.807) is 0 Å². The molecule has 0 fully saturated rings. The van der Waals surface area contributed by atoms with Crippen molar-refractivity contribution in [1.29, 1.82) is 0 Å². The van der Waals surface area contributed by atoms with E-state index in [9.17, 15) is 39.2 Å². The molecule has 0 aliphatic carbocycles. The molecule has 0 unspecified atom stereocenters. The molecule has 2 heterocycles. The van der Waals surface area contributed by atoms with Gasteiger partial charge in [0.05, 0.1) is 0 Å². The van der Waals surface area contributed by atoms with E-state index in [0.717, 1.165) is 43.3 Å². The maximum atomic E-state index is 13.8. The van der Waals surface area contributed by atoms with Crippen LogP contribution >= 0.6 is 0 Å². The van der Waals surface area contributed by atoms with Crippen LogP contribution in [-0.2, 0) is 16.2 Å². The summed E-state index contributed by atoms with van der Waals surface area (Å²) in [5.41, 5.74) is -1.04. The molecule has 3 aromatic rings. The van der Waals surface area contributed by atoms with Gasteiger partial charge in [0.1, 0.15) is 11.9 Å². The Labute approximate surface area is 170 Å². The summed E-state index contributed by atoms with van der Waals surface area (Å²) in [6.45, 7) is 0.399. The van der Waals surface area contributed by atoms with Gasteiger partial charge in [0, 0.05) is 6.54 Å². The fraction of sp³-hybridized carbons (Fsp3) is 0.312. The number of aromatic nitrogens is 4. The van der Waals surface area contributed by atoms with Crippen molar-refractivity contribution in [3.8, 4) is 0 Å². The highest BCUT2D eigenvalue weighted by atomic mass is 32.2. The van der Waals surface area contributed by atoms with Crippen molar-refractivity contribution in [3.05, 3.63) is 53.6 Å². The minimum absolute atomic E-state index is 0.0199. The Morgan fingerprint density at radius 1 is 1.00 bits per heavy atom. The highest BCUT2D eigenvalue weighted by Gasteiger charge is 2.49. The van der Waals surface area contributed by atoms with Crippen molar-refractivity contribution in [1.82, 2.24) is 24.1 Å². The molecule has 0 bridgehead atoms. The van der Waals surface area contributed by atoms with Gasteiger partial charge in [-0.15, -0.1) is 10.2 Å². The molecule has 168 valence electrons. The first-order chi connectivity index (χ1) is 14.3. The highest BCUT2D eigenvalue weighted by molar-refractivity contribution is 7.89. The zero-order valence-electron chi connectivity index (χ0n) is 15.4. The van der Waals surface area contributed by atoms with E-state index in [-0.39, 0.29) is 8.82 Å². The third-order valence-electron chi connectivity index (χ3n) is 4.16. The predicted molar refractivity (Wildman–Crippen MR) is 90.5 cm³/mol. The first-order valence-corrected chi connectivity index (χ1v) is 9.84. The second kappa shape index (κ2) is 7.71. The maximum Gasteiger partial charge on any atom is 0.453 e. The predicted octanol–water partition coefficient (Wildman–Crippen LogP) is 3.60. The normalized spacial score (nSPS) is 14.4. The van der Waals surface area contributed by atoms with Gasteiger partial charge in [-0.2, -0.15) is 40.3 Å². The summed E-state index contributed by atoms with van der Waals surface area (Å²) in [6, 6.07) is 1.81. The number of halogens is 7. The topological polar surface area (TPSA) is 80.5 Å². The summed E-state index contributed by atoms with van der Waals surface area (Å²) < 4.78 is 120. The fourth-order valence-corrected chi connectivity index (χ4v) is 4.39. The summed E-state index contributed by atoms with van der Waals surface area (Å²) in [5.74, 6) is -2.48. The van der Waals surface area contributed by atoms with Crippen molar-refractivity contribution in [3.63, 3.8) is 0 Å². The molecule has 1 aromatic carbocycles. The Morgan fingerprint density at radius 2 is 1.61 bits per heavy atom. The van der Waals surface area contributed by atoms with Crippen molar-refractivity contribution in [2.75, 3.05) is 6.54 Å². The molecule has 0 aliphatic heterocycles. The van der Waals surface area contributed by atoms with E-state index in [0.29, 0.717) is 0 Å². The third-order valence-corrected chi connectivity index (χ3v) is 5.99. The molecule has 1 atom stereocenters. The molecule has 0 aliphatic rings. The van der Waals surface area contributed by atoms with Gasteiger partial charge in [0.15, 0.2) is 10.7 Å². The summed E-state index contributed by atoms with van der Waals surface area (Å²) in [4.78, 5) is 0. The van der Waals surface area contributed by atoms with Gasteiger partial charge in [0.25, 0.3) is 15.8 Å². The zero-order valence-corrected chi connectivity index (χ0v) is 16.2. The summed E-state index contributed by atoms with van der Waals surface area (Å²) in [7, 11) is -5.06. The molecule has 0 radical (unpaired) electrons. The molecule has 0 N–H and O–H groups in total. The molecule has 2 aromatic heterocycles. The Hall–Kier alpha value is -2.81. The van der Waals surface area contributed by atoms with Crippen molar-refractivity contribution >= 4 is 15.7 Å². The maximum absolute atomic E-state index is 13.8. The van der Waals surface area contributed by atoms with E-state index in [2.05, 4.69) is 15.3 Å². The van der Waals surface area contributed by atoms with Crippen molar-refractivity contribution in [2.45, 2.75) is 30.3 Å². The van der Waals surface area contributed by atoms with Crippen LogP contribution < -0.4 is 0 Å². The van der Waals surface area contributed by atoms with Gasteiger partial charge in [0.2, 0.25) is 0 Å². The standard InChI is InChI=1S/C16H12F7N5O2S/c1-2-27(13(15(18,19)20)9-3-5-10(17)6-4-9)31(29,30)12-8-7-11-24-25-14(16(21,22)23)28(11)26-12/h3-8,13H,2H2,1H3/t13-/m1/s1. The zero-order chi connectivity index (χ0) is 23.2. The lowest BCUT2D eigenvalue weighted by Crippen LogP contribution is -2.42. The number of rotatable bonds is 5. The number of fused-ring (bicyclic) bond motifs is 1. The van der Waals surface area contributed by atoms with Crippen molar-refractivity contribution < 1.29 is 39.2 Å². The third kappa shape index (κ3) is 4.32. The highest BCUT2D eigenvalue weighted by Crippen LogP contribution is 2.40. The number of alkyl halides is 6.